The number of halogens is 1. The summed E-state index contributed by atoms with van der Waals surface area (Å²) in [7, 11) is 1.52. The van der Waals surface area contributed by atoms with Crippen LogP contribution in [0.5, 0.6) is 5.75 Å². The highest BCUT2D eigenvalue weighted by Crippen LogP contribution is 2.26. The third-order valence-electron chi connectivity index (χ3n) is 4.12. The van der Waals surface area contributed by atoms with Gasteiger partial charge in [-0.25, -0.2) is 0 Å². The van der Waals surface area contributed by atoms with Gasteiger partial charge in [0.1, 0.15) is 12.2 Å². The molecule has 0 saturated carbocycles. The van der Waals surface area contributed by atoms with Crippen LogP contribution in [0.25, 0.3) is 0 Å². The summed E-state index contributed by atoms with van der Waals surface area (Å²) >= 11 is 5.99. The maximum Gasteiger partial charge on any atom is 0.257 e. The van der Waals surface area contributed by atoms with Gasteiger partial charge < -0.3 is 15.0 Å². The van der Waals surface area contributed by atoms with Crippen LogP contribution in [-0.2, 0) is 4.79 Å². The molecule has 0 spiro atoms. The van der Waals surface area contributed by atoms with E-state index in [4.69, 9.17) is 21.6 Å². The van der Waals surface area contributed by atoms with E-state index in [0.717, 1.165) is 12.8 Å². The van der Waals surface area contributed by atoms with Gasteiger partial charge in [0.15, 0.2) is 0 Å². The number of amides is 2. The summed E-state index contributed by atoms with van der Waals surface area (Å²) in [4.78, 5) is 25.8. The Labute approximate surface area is 146 Å². The molecule has 1 aliphatic rings. The average molecular weight is 350 g/mol. The molecule has 0 unspecified atom stereocenters. The van der Waals surface area contributed by atoms with Crippen molar-refractivity contribution in [3.63, 3.8) is 0 Å². The molecular weight excluding hydrogens is 330 g/mol. The molecule has 0 aromatic heterocycles. The van der Waals surface area contributed by atoms with Crippen molar-refractivity contribution in [3.8, 4) is 11.8 Å². The minimum atomic E-state index is -0.250. The average Bonchev–Trinajstić information content (AvgIpc) is 2.60. The molecule has 1 aliphatic heterocycles. The maximum atomic E-state index is 12.7. The predicted molar refractivity (Wildman–Crippen MR) is 89.9 cm³/mol. The number of carbonyl (C=O) groups excluding carboxylic acids is 2. The van der Waals surface area contributed by atoms with E-state index in [-0.39, 0.29) is 18.2 Å². The molecule has 1 aromatic rings. The summed E-state index contributed by atoms with van der Waals surface area (Å²) in [5, 5.41) is 11.7. The van der Waals surface area contributed by atoms with Crippen molar-refractivity contribution in [2.24, 2.45) is 5.92 Å². The van der Waals surface area contributed by atoms with Gasteiger partial charge in [-0.05, 0) is 37.0 Å². The van der Waals surface area contributed by atoms with E-state index < -0.39 is 0 Å². The second-order valence-electron chi connectivity index (χ2n) is 5.72. The van der Waals surface area contributed by atoms with E-state index >= 15 is 0 Å². The first kappa shape index (κ1) is 18.1. The number of nitrogens with zero attached hydrogens (tertiary/aromatic N) is 2. The molecule has 1 heterocycles. The molecular formula is C17H20ClN3O3. The van der Waals surface area contributed by atoms with Crippen LogP contribution in [0, 0.1) is 17.2 Å². The van der Waals surface area contributed by atoms with E-state index in [1.54, 1.807) is 23.1 Å². The number of hydrogen-bond acceptors (Lipinski definition) is 4. The van der Waals surface area contributed by atoms with E-state index in [1.165, 1.54) is 7.11 Å². The summed E-state index contributed by atoms with van der Waals surface area (Å²) in [6.45, 7) is 1.78. The van der Waals surface area contributed by atoms with Crippen molar-refractivity contribution in [2.45, 2.75) is 19.3 Å². The molecule has 0 atom stereocenters. The van der Waals surface area contributed by atoms with E-state index in [1.807, 2.05) is 6.07 Å². The molecule has 0 radical (unpaired) electrons. The predicted octanol–water partition coefficient (Wildman–Crippen LogP) is 2.23. The maximum absolute atomic E-state index is 12.7. The molecule has 7 heteroatoms. The Morgan fingerprint density at radius 3 is 2.75 bits per heavy atom. The van der Waals surface area contributed by atoms with Crippen molar-refractivity contribution >= 4 is 23.4 Å². The van der Waals surface area contributed by atoms with E-state index in [9.17, 15) is 9.59 Å². The zero-order valence-electron chi connectivity index (χ0n) is 13.5. The highest BCUT2D eigenvalue weighted by Gasteiger charge is 2.25. The number of nitrogens with one attached hydrogen (secondary N) is 1. The van der Waals surface area contributed by atoms with Gasteiger partial charge in [-0.2, -0.15) is 5.26 Å². The number of likely N-dealkylation sites (tertiary alicyclic amines) is 1. The van der Waals surface area contributed by atoms with E-state index in [2.05, 4.69) is 5.32 Å². The fourth-order valence-electron chi connectivity index (χ4n) is 2.75. The van der Waals surface area contributed by atoms with Gasteiger partial charge in [-0.15, -0.1) is 0 Å². The number of nitriles is 1. The SMILES string of the molecule is COc1ccc(Cl)cc1C(=O)N1CCC(CNC(=O)CC#N)CC1. The number of ether oxygens (including phenoxy) is 1. The smallest absolute Gasteiger partial charge is 0.257 e. The standard InChI is InChI=1S/C17H20ClN3O3/c1-24-15-3-2-13(18)10-14(15)17(23)21-8-5-12(6-9-21)11-20-16(22)4-7-19/h2-3,10,12H,4-6,8-9,11H2,1H3,(H,20,22). The number of rotatable bonds is 5. The lowest BCUT2D eigenvalue weighted by atomic mass is 9.96. The molecule has 24 heavy (non-hydrogen) atoms. The molecule has 1 aromatic carbocycles. The van der Waals surface area contributed by atoms with Crippen LogP contribution >= 0.6 is 11.6 Å². The highest BCUT2D eigenvalue weighted by atomic mass is 35.5. The lowest BCUT2D eigenvalue weighted by Crippen LogP contribution is -2.41. The van der Waals surface area contributed by atoms with Crippen molar-refractivity contribution in [1.29, 1.82) is 5.26 Å². The van der Waals surface area contributed by atoms with Crippen LogP contribution in [-0.4, -0.2) is 43.5 Å². The molecule has 1 saturated heterocycles. The second kappa shape index (κ2) is 8.55. The first-order valence-corrected chi connectivity index (χ1v) is 8.19. The van der Waals surface area contributed by atoms with Crippen LogP contribution in [0.15, 0.2) is 18.2 Å². The number of hydrogen-bond donors (Lipinski definition) is 1. The van der Waals surface area contributed by atoms with Crippen LogP contribution in [0.1, 0.15) is 29.6 Å². The van der Waals surface area contributed by atoms with Crippen molar-refractivity contribution in [3.05, 3.63) is 28.8 Å². The number of benzene rings is 1. The van der Waals surface area contributed by atoms with Crippen molar-refractivity contribution in [1.82, 2.24) is 10.2 Å². The van der Waals surface area contributed by atoms with Crippen LogP contribution in [0.3, 0.4) is 0 Å². The van der Waals surface area contributed by atoms with Gasteiger partial charge in [-0.1, -0.05) is 11.6 Å². The number of piperidine rings is 1. The van der Waals surface area contributed by atoms with Gasteiger partial charge in [0.05, 0.1) is 18.7 Å². The highest BCUT2D eigenvalue weighted by molar-refractivity contribution is 6.31. The minimum Gasteiger partial charge on any atom is -0.496 e. The van der Waals surface area contributed by atoms with Crippen LogP contribution < -0.4 is 10.1 Å². The van der Waals surface area contributed by atoms with Crippen molar-refractivity contribution < 1.29 is 14.3 Å². The van der Waals surface area contributed by atoms with Gasteiger partial charge in [0, 0.05) is 24.7 Å². The van der Waals surface area contributed by atoms with Gasteiger partial charge in [0.2, 0.25) is 5.91 Å². The monoisotopic (exact) mass is 349 g/mol. The largest absolute Gasteiger partial charge is 0.496 e. The lowest BCUT2D eigenvalue weighted by Gasteiger charge is -2.32. The van der Waals surface area contributed by atoms with Crippen LogP contribution in [0.4, 0.5) is 0 Å². The Balaban J connectivity index is 1.90. The normalized spacial score (nSPS) is 14.8. The van der Waals surface area contributed by atoms with Gasteiger partial charge in [0.25, 0.3) is 5.91 Å². The summed E-state index contributed by atoms with van der Waals surface area (Å²) < 4.78 is 5.24. The number of carbonyl (C=O) groups is 2. The molecule has 0 aliphatic carbocycles. The molecule has 1 N–H and O–H groups in total. The second-order valence-corrected chi connectivity index (χ2v) is 6.16. The van der Waals surface area contributed by atoms with Crippen LogP contribution in [0.2, 0.25) is 5.02 Å². The molecule has 1 fully saturated rings. The minimum absolute atomic E-state index is 0.0960. The van der Waals surface area contributed by atoms with Crippen molar-refractivity contribution in [2.75, 3.05) is 26.7 Å². The quantitative estimate of drug-likeness (QED) is 0.883. The molecule has 6 nitrogen and oxygen atoms in total. The summed E-state index contributed by atoms with van der Waals surface area (Å²) in [5.74, 6) is 0.481. The molecule has 0 bridgehead atoms. The Kier molecular flexibility index (Phi) is 6.44. The molecule has 2 rings (SSSR count). The Morgan fingerprint density at radius 1 is 1.42 bits per heavy atom. The Bertz CT molecular complexity index is 649. The molecule has 128 valence electrons. The fraction of sp³-hybridized carbons (Fsp3) is 0.471. The lowest BCUT2D eigenvalue weighted by molar-refractivity contribution is -0.120. The summed E-state index contributed by atoms with van der Waals surface area (Å²) in [5.41, 5.74) is 0.464. The zero-order chi connectivity index (χ0) is 17.5. The molecule has 2 amide bonds. The third-order valence-corrected chi connectivity index (χ3v) is 4.36. The summed E-state index contributed by atoms with van der Waals surface area (Å²) in [6, 6.07) is 6.82. The van der Waals surface area contributed by atoms with Gasteiger partial charge in [-0.3, -0.25) is 9.59 Å². The Hall–Kier alpha value is -2.26. The topological polar surface area (TPSA) is 82.4 Å². The fourth-order valence-corrected chi connectivity index (χ4v) is 2.92. The number of methoxy groups -OCH3 is 1. The third kappa shape index (κ3) is 4.62. The first-order chi connectivity index (χ1) is 11.5. The van der Waals surface area contributed by atoms with E-state index in [0.29, 0.717) is 41.9 Å². The zero-order valence-corrected chi connectivity index (χ0v) is 14.3. The van der Waals surface area contributed by atoms with Gasteiger partial charge >= 0.3 is 0 Å². The Morgan fingerprint density at radius 2 is 2.12 bits per heavy atom. The summed E-state index contributed by atoms with van der Waals surface area (Å²) in [6.07, 6.45) is 1.49. The first-order valence-electron chi connectivity index (χ1n) is 7.81.